The number of nitrogens with zero attached hydrogens (tertiary/aromatic N) is 2. The lowest BCUT2D eigenvalue weighted by Crippen LogP contribution is -2.29. The Morgan fingerprint density at radius 3 is 2.57 bits per heavy atom. The first kappa shape index (κ1) is 11.1. The van der Waals surface area contributed by atoms with Crippen LogP contribution in [0, 0.1) is 0 Å². The average Bonchev–Trinajstić information content (AvgIpc) is 2.54. The SMILES string of the molecule is CCC(OC)c1noc(C(C)(C)N)n1. The third-order valence-electron chi connectivity index (χ3n) is 1.94. The summed E-state index contributed by atoms with van der Waals surface area (Å²) in [5.74, 6) is 0.992. The molecule has 0 aromatic carbocycles. The Morgan fingerprint density at radius 1 is 1.57 bits per heavy atom. The van der Waals surface area contributed by atoms with Gasteiger partial charge in [-0.25, -0.2) is 0 Å². The highest BCUT2D eigenvalue weighted by Crippen LogP contribution is 2.20. The molecule has 1 aromatic rings. The van der Waals surface area contributed by atoms with Crippen LogP contribution in [0.4, 0.5) is 0 Å². The Balaban J connectivity index is 2.87. The fraction of sp³-hybridized carbons (Fsp3) is 0.778. The summed E-state index contributed by atoms with van der Waals surface area (Å²) in [4.78, 5) is 4.20. The van der Waals surface area contributed by atoms with E-state index in [1.54, 1.807) is 7.11 Å². The first-order valence-corrected chi connectivity index (χ1v) is 4.64. The van der Waals surface area contributed by atoms with Gasteiger partial charge in [0.25, 0.3) is 0 Å². The molecule has 1 unspecified atom stereocenters. The minimum absolute atomic E-state index is 0.116. The fourth-order valence-electron chi connectivity index (χ4n) is 1.08. The lowest BCUT2D eigenvalue weighted by molar-refractivity contribution is 0.0903. The molecule has 0 saturated heterocycles. The molecule has 0 fully saturated rings. The molecule has 0 aliphatic carbocycles. The van der Waals surface area contributed by atoms with E-state index < -0.39 is 5.54 Å². The summed E-state index contributed by atoms with van der Waals surface area (Å²) in [5.41, 5.74) is 5.22. The van der Waals surface area contributed by atoms with E-state index >= 15 is 0 Å². The van der Waals surface area contributed by atoms with Crippen LogP contribution in [-0.4, -0.2) is 17.3 Å². The van der Waals surface area contributed by atoms with Crippen LogP contribution >= 0.6 is 0 Å². The van der Waals surface area contributed by atoms with Crippen LogP contribution in [-0.2, 0) is 10.3 Å². The molecule has 0 radical (unpaired) electrons. The first-order valence-electron chi connectivity index (χ1n) is 4.64. The summed E-state index contributed by atoms with van der Waals surface area (Å²) < 4.78 is 10.2. The smallest absolute Gasteiger partial charge is 0.246 e. The predicted octanol–water partition coefficient (Wildman–Crippen LogP) is 1.36. The standard InChI is InChI=1S/C9H17N3O2/c1-5-6(13-4)7-11-8(14-12-7)9(2,3)10/h6H,5,10H2,1-4H3. The second kappa shape index (κ2) is 4.06. The number of aromatic nitrogens is 2. The number of rotatable bonds is 4. The van der Waals surface area contributed by atoms with Crippen LogP contribution in [0.25, 0.3) is 0 Å². The molecule has 0 aliphatic rings. The van der Waals surface area contributed by atoms with Gasteiger partial charge in [0.1, 0.15) is 6.10 Å². The van der Waals surface area contributed by atoms with Gasteiger partial charge in [-0.3, -0.25) is 0 Å². The van der Waals surface area contributed by atoms with Crippen molar-refractivity contribution < 1.29 is 9.26 Å². The van der Waals surface area contributed by atoms with Crippen LogP contribution < -0.4 is 5.73 Å². The Labute approximate surface area is 83.6 Å². The quantitative estimate of drug-likeness (QED) is 0.792. The van der Waals surface area contributed by atoms with Gasteiger partial charge in [0.2, 0.25) is 11.7 Å². The fourth-order valence-corrected chi connectivity index (χ4v) is 1.08. The maximum atomic E-state index is 5.82. The number of nitrogens with two attached hydrogens (primary N) is 1. The molecule has 5 nitrogen and oxygen atoms in total. The number of methoxy groups -OCH3 is 1. The summed E-state index contributed by atoms with van der Waals surface area (Å²) in [5, 5.41) is 3.83. The minimum Gasteiger partial charge on any atom is -0.373 e. The van der Waals surface area contributed by atoms with Gasteiger partial charge in [-0.1, -0.05) is 12.1 Å². The zero-order chi connectivity index (χ0) is 10.8. The van der Waals surface area contributed by atoms with E-state index in [9.17, 15) is 0 Å². The minimum atomic E-state index is -0.600. The Kier molecular flexibility index (Phi) is 3.23. The van der Waals surface area contributed by atoms with Crippen molar-refractivity contribution in [2.24, 2.45) is 5.73 Å². The Hall–Kier alpha value is -0.940. The van der Waals surface area contributed by atoms with Gasteiger partial charge < -0.3 is 15.0 Å². The van der Waals surface area contributed by atoms with E-state index in [1.165, 1.54) is 0 Å². The number of hydrogen-bond donors (Lipinski definition) is 1. The first-order chi connectivity index (χ1) is 6.49. The summed E-state index contributed by atoms with van der Waals surface area (Å²) in [6, 6.07) is 0. The third kappa shape index (κ3) is 2.30. The summed E-state index contributed by atoms with van der Waals surface area (Å²) in [7, 11) is 1.62. The molecule has 1 heterocycles. The molecule has 80 valence electrons. The largest absolute Gasteiger partial charge is 0.373 e. The van der Waals surface area contributed by atoms with Crippen LogP contribution in [0.1, 0.15) is 45.0 Å². The molecule has 0 saturated carbocycles. The van der Waals surface area contributed by atoms with Gasteiger partial charge in [-0.15, -0.1) is 0 Å². The van der Waals surface area contributed by atoms with Gasteiger partial charge >= 0.3 is 0 Å². The summed E-state index contributed by atoms with van der Waals surface area (Å²) >= 11 is 0. The molecule has 0 bridgehead atoms. The van der Waals surface area contributed by atoms with Gasteiger partial charge in [-0.05, 0) is 20.3 Å². The maximum Gasteiger partial charge on any atom is 0.246 e. The molecule has 5 heteroatoms. The van der Waals surface area contributed by atoms with Crippen molar-refractivity contribution in [1.29, 1.82) is 0 Å². The summed E-state index contributed by atoms with van der Waals surface area (Å²) in [6.45, 7) is 5.63. The van der Waals surface area contributed by atoms with E-state index in [0.717, 1.165) is 6.42 Å². The van der Waals surface area contributed by atoms with Crippen molar-refractivity contribution in [3.63, 3.8) is 0 Å². The number of hydrogen-bond acceptors (Lipinski definition) is 5. The van der Waals surface area contributed by atoms with Crippen LogP contribution in [0.15, 0.2) is 4.52 Å². The van der Waals surface area contributed by atoms with Crippen molar-refractivity contribution in [2.45, 2.75) is 38.8 Å². The van der Waals surface area contributed by atoms with Gasteiger partial charge in [0, 0.05) is 7.11 Å². The van der Waals surface area contributed by atoms with E-state index in [1.807, 2.05) is 20.8 Å². The highest BCUT2D eigenvalue weighted by atomic mass is 16.5. The van der Waals surface area contributed by atoms with Crippen molar-refractivity contribution in [3.05, 3.63) is 11.7 Å². The van der Waals surface area contributed by atoms with Crippen molar-refractivity contribution in [2.75, 3.05) is 7.11 Å². The van der Waals surface area contributed by atoms with Crippen molar-refractivity contribution >= 4 is 0 Å². The van der Waals surface area contributed by atoms with Crippen LogP contribution in [0.5, 0.6) is 0 Å². The maximum absolute atomic E-state index is 5.82. The van der Waals surface area contributed by atoms with Crippen LogP contribution in [0.2, 0.25) is 0 Å². The van der Waals surface area contributed by atoms with Crippen molar-refractivity contribution in [3.8, 4) is 0 Å². The second-order valence-corrected chi connectivity index (χ2v) is 3.81. The molecule has 0 amide bonds. The molecule has 1 rings (SSSR count). The molecule has 1 aromatic heterocycles. The lowest BCUT2D eigenvalue weighted by Gasteiger charge is -2.11. The van der Waals surface area contributed by atoms with E-state index in [2.05, 4.69) is 10.1 Å². The van der Waals surface area contributed by atoms with E-state index in [-0.39, 0.29) is 6.10 Å². The molecule has 1 atom stereocenters. The van der Waals surface area contributed by atoms with E-state index in [4.69, 9.17) is 15.0 Å². The zero-order valence-corrected chi connectivity index (χ0v) is 9.07. The highest BCUT2D eigenvalue weighted by molar-refractivity contribution is 4.99. The molecular formula is C9H17N3O2. The lowest BCUT2D eigenvalue weighted by atomic mass is 10.1. The monoisotopic (exact) mass is 199 g/mol. The van der Waals surface area contributed by atoms with Gasteiger partial charge in [0.05, 0.1) is 5.54 Å². The zero-order valence-electron chi connectivity index (χ0n) is 9.07. The van der Waals surface area contributed by atoms with Gasteiger partial charge in [0.15, 0.2) is 0 Å². The number of ether oxygens (including phenoxy) is 1. The predicted molar refractivity (Wildman–Crippen MR) is 51.6 cm³/mol. The molecule has 0 aliphatic heterocycles. The summed E-state index contributed by atoms with van der Waals surface area (Å²) in [6.07, 6.45) is 0.690. The Bertz CT molecular complexity index is 286. The van der Waals surface area contributed by atoms with E-state index in [0.29, 0.717) is 11.7 Å². The topological polar surface area (TPSA) is 74.2 Å². The normalized spacial score (nSPS) is 14.4. The third-order valence-corrected chi connectivity index (χ3v) is 1.94. The van der Waals surface area contributed by atoms with Crippen LogP contribution in [0.3, 0.4) is 0 Å². The Morgan fingerprint density at radius 2 is 2.21 bits per heavy atom. The highest BCUT2D eigenvalue weighted by Gasteiger charge is 2.24. The molecular weight excluding hydrogens is 182 g/mol. The molecule has 2 N–H and O–H groups in total. The average molecular weight is 199 g/mol. The van der Waals surface area contributed by atoms with Gasteiger partial charge in [-0.2, -0.15) is 4.98 Å². The van der Waals surface area contributed by atoms with Crippen molar-refractivity contribution in [1.82, 2.24) is 10.1 Å². The molecule has 14 heavy (non-hydrogen) atoms. The second-order valence-electron chi connectivity index (χ2n) is 3.81. The molecule has 0 spiro atoms.